The van der Waals surface area contributed by atoms with Crippen LogP contribution in [0.1, 0.15) is 31.0 Å². The zero-order valence-corrected chi connectivity index (χ0v) is 9.07. The zero-order chi connectivity index (χ0) is 10.8. The molecule has 15 heavy (non-hydrogen) atoms. The second-order valence-corrected chi connectivity index (χ2v) is 4.05. The molecule has 0 bridgehead atoms. The second kappa shape index (κ2) is 3.99. The molecule has 2 aromatic rings. The summed E-state index contributed by atoms with van der Waals surface area (Å²) in [4.78, 5) is 4.18. The molecular weight excluding hydrogens is 186 g/mol. The van der Waals surface area contributed by atoms with Crippen molar-refractivity contribution >= 4 is 10.8 Å². The molecular formula is C13H15NO. The van der Waals surface area contributed by atoms with Crippen LogP contribution in [0.15, 0.2) is 30.5 Å². The van der Waals surface area contributed by atoms with E-state index >= 15 is 0 Å². The van der Waals surface area contributed by atoms with Crippen LogP contribution in [0.5, 0.6) is 0 Å². The minimum Gasteiger partial charge on any atom is -0.390 e. The topological polar surface area (TPSA) is 33.1 Å². The van der Waals surface area contributed by atoms with Gasteiger partial charge in [0.2, 0.25) is 0 Å². The average Bonchev–Trinajstić information content (AvgIpc) is 2.27. The predicted octanol–water partition coefficient (Wildman–Crippen LogP) is 2.85. The SMILES string of the molecule is CC(C)c1ccc2ccnc(CO)c2c1. The van der Waals surface area contributed by atoms with Gasteiger partial charge in [0.25, 0.3) is 0 Å². The maximum absolute atomic E-state index is 9.20. The van der Waals surface area contributed by atoms with E-state index in [1.54, 1.807) is 6.20 Å². The lowest BCUT2D eigenvalue weighted by molar-refractivity contribution is 0.278. The number of nitrogens with zero attached hydrogens (tertiary/aromatic N) is 1. The number of hydrogen-bond donors (Lipinski definition) is 1. The third kappa shape index (κ3) is 1.85. The minimum atomic E-state index is -0.00110. The number of pyridine rings is 1. The summed E-state index contributed by atoms with van der Waals surface area (Å²) in [5, 5.41) is 11.4. The first-order valence-electron chi connectivity index (χ1n) is 5.21. The van der Waals surface area contributed by atoms with E-state index in [1.807, 2.05) is 6.07 Å². The van der Waals surface area contributed by atoms with E-state index in [-0.39, 0.29) is 6.61 Å². The fourth-order valence-corrected chi connectivity index (χ4v) is 1.73. The summed E-state index contributed by atoms with van der Waals surface area (Å²) >= 11 is 0. The van der Waals surface area contributed by atoms with Crippen LogP contribution in [0.3, 0.4) is 0 Å². The molecule has 0 saturated heterocycles. The smallest absolute Gasteiger partial charge is 0.0859 e. The summed E-state index contributed by atoms with van der Waals surface area (Å²) in [6.07, 6.45) is 1.74. The molecule has 2 heteroatoms. The van der Waals surface area contributed by atoms with E-state index in [4.69, 9.17) is 0 Å². The summed E-state index contributed by atoms with van der Waals surface area (Å²) in [5.41, 5.74) is 2.04. The molecule has 1 aromatic carbocycles. The van der Waals surface area contributed by atoms with Crippen LogP contribution in [0.4, 0.5) is 0 Å². The lowest BCUT2D eigenvalue weighted by Gasteiger charge is -2.08. The van der Waals surface area contributed by atoms with Gasteiger partial charge in [-0.05, 0) is 29.0 Å². The number of aliphatic hydroxyl groups is 1. The van der Waals surface area contributed by atoms with Crippen LogP contribution in [0, 0.1) is 0 Å². The van der Waals surface area contributed by atoms with Gasteiger partial charge in [-0.1, -0.05) is 26.0 Å². The lowest BCUT2D eigenvalue weighted by atomic mass is 9.99. The molecule has 1 heterocycles. The van der Waals surface area contributed by atoms with Gasteiger partial charge in [-0.3, -0.25) is 4.98 Å². The van der Waals surface area contributed by atoms with Gasteiger partial charge in [-0.25, -0.2) is 0 Å². The van der Waals surface area contributed by atoms with Crippen LogP contribution < -0.4 is 0 Å². The highest BCUT2D eigenvalue weighted by molar-refractivity contribution is 5.85. The number of hydrogen-bond acceptors (Lipinski definition) is 2. The number of aromatic nitrogens is 1. The van der Waals surface area contributed by atoms with E-state index < -0.39 is 0 Å². The second-order valence-electron chi connectivity index (χ2n) is 4.05. The number of aliphatic hydroxyl groups excluding tert-OH is 1. The van der Waals surface area contributed by atoms with Crippen molar-refractivity contribution < 1.29 is 5.11 Å². The van der Waals surface area contributed by atoms with Crippen LogP contribution in [0.25, 0.3) is 10.8 Å². The molecule has 0 amide bonds. The Morgan fingerprint density at radius 2 is 2.07 bits per heavy atom. The molecule has 78 valence electrons. The van der Waals surface area contributed by atoms with E-state index in [2.05, 4.69) is 37.0 Å². The van der Waals surface area contributed by atoms with Crippen molar-refractivity contribution in [1.29, 1.82) is 0 Å². The van der Waals surface area contributed by atoms with Crippen molar-refractivity contribution in [3.05, 3.63) is 41.7 Å². The Hall–Kier alpha value is -1.41. The van der Waals surface area contributed by atoms with Crippen molar-refractivity contribution in [3.8, 4) is 0 Å². The maximum atomic E-state index is 9.20. The van der Waals surface area contributed by atoms with E-state index in [0.717, 1.165) is 16.5 Å². The average molecular weight is 201 g/mol. The Morgan fingerprint density at radius 1 is 1.27 bits per heavy atom. The van der Waals surface area contributed by atoms with E-state index in [0.29, 0.717) is 5.92 Å². The monoisotopic (exact) mass is 201 g/mol. The van der Waals surface area contributed by atoms with E-state index in [1.165, 1.54) is 5.56 Å². The Bertz CT molecular complexity index is 477. The molecule has 0 spiro atoms. The van der Waals surface area contributed by atoms with Crippen molar-refractivity contribution in [3.63, 3.8) is 0 Å². The fraction of sp³-hybridized carbons (Fsp3) is 0.308. The summed E-state index contributed by atoms with van der Waals surface area (Å²) in [6.45, 7) is 4.32. The van der Waals surface area contributed by atoms with E-state index in [9.17, 15) is 5.11 Å². The highest BCUT2D eigenvalue weighted by atomic mass is 16.3. The first-order chi connectivity index (χ1) is 7.22. The Morgan fingerprint density at radius 3 is 2.73 bits per heavy atom. The van der Waals surface area contributed by atoms with Crippen molar-refractivity contribution in [2.45, 2.75) is 26.4 Å². The first kappa shape index (κ1) is 10.1. The summed E-state index contributed by atoms with van der Waals surface area (Å²) < 4.78 is 0. The highest BCUT2D eigenvalue weighted by Gasteiger charge is 2.04. The molecule has 0 saturated carbocycles. The van der Waals surface area contributed by atoms with Gasteiger partial charge in [0.05, 0.1) is 12.3 Å². The molecule has 1 N–H and O–H groups in total. The molecule has 0 radical (unpaired) electrons. The highest BCUT2D eigenvalue weighted by Crippen LogP contribution is 2.22. The molecule has 0 atom stereocenters. The van der Waals surface area contributed by atoms with Gasteiger partial charge in [0.1, 0.15) is 0 Å². The molecule has 0 fully saturated rings. The maximum Gasteiger partial charge on any atom is 0.0859 e. The minimum absolute atomic E-state index is 0.00110. The normalized spacial score (nSPS) is 11.2. The molecule has 2 rings (SSSR count). The lowest BCUT2D eigenvalue weighted by Crippen LogP contribution is -1.93. The van der Waals surface area contributed by atoms with Gasteiger partial charge >= 0.3 is 0 Å². The van der Waals surface area contributed by atoms with Crippen LogP contribution >= 0.6 is 0 Å². The Balaban J connectivity index is 2.67. The number of benzene rings is 1. The molecule has 0 aliphatic carbocycles. The predicted molar refractivity (Wildman–Crippen MR) is 61.8 cm³/mol. The van der Waals surface area contributed by atoms with Crippen molar-refractivity contribution in [1.82, 2.24) is 4.98 Å². The standard InChI is InChI=1S/C13H15NO/c1-9(2)11-4-3-10-5-6-14-13(8-15)12(10)7-11/h3-7,9,15H,8H2,1-2H3. The van der Waals surface area contributed by atoms with Crippen LogP contribution in [-0.2, 0) is 6.61 Å². The Labute approximate surface area is 89.6 Å². The molecule has 1 aromatic heterocycles. The third-order valence-corrected chi connectivity index (χ3v) is 2.69. The fourth-order valence-electron chi connectivity index (χ4n) is 1.73. The van der Waals surface area contributed by atoms with Crippen molar-refractivity contribution in [2.75, 3.05) is 0 Å². The zero-order valence-electron chi connectivity index (χ0n) is 9.07. The first-order valence-corrected chi connectivity index (χ1v) is 5.21. The van der Waals surface area contributed by atoms with Crippen LogP contribution in [0.2, 0.25) is 0 Å². The number of rotatable bonds is 2. The largest absolute Gasteiger partial charge is 0.390 e. The summed E-state index contributed by atoms with van der Waals surface area (Å²) in [7, 11) is 0. The van der Waals surface area contributed by atoms with Gasteiger partial charge < -0.3 is 5.11 Å². The van der Waals surface area contributed by atoms with Gasteiger partial charge in [0, 0.05) is 11.6 Å². The van der Waals surface area contributed by atoms with Crippen LogP contribution in [-0.4, -0.2) is 10.1 Å². The third-order valence-electron chi connectivity index (χ3n) is 2.69. The van der Waals surface area contributed by atoms with Gasteiger partial charge in [0.15, 0.2) is 0 Å². The molecule has 0 aliphatic heterocycles. The van der Waals surface area contributed by atoms with Gasteiger partial charge in [-0.15, -0.1) is 0 Å². The number of fused-ring (bicyclic) bond motifs is 1. The quantitative estimate of drug-likeness (QED) is 0.810. The summed E-state index contributed by atoms with van der Waals surface area (Å²) in [6, 6.07) is 8.32. The Kier molecular flexibility index (Phi) is 2.69. The summed E-state index contributed by atoms with van der Waals surface area (Å²) in [5.74, 6) is 0.501. The molecule has 2 nitrogen and oxygen atoms in total. The van der Waals surface area contributed by atoms with Gasteiger partial charge in [-0.2, -0.15) is 0 Å². The molecule has 0 aliphatic rings. The molecule has 0 unspecified atom stereocenters. The van der Waals surface area contributed by atoms with Crippen molar-refractivity contribution in [2.24, 2.45) is 0 Å².